The number of nitrogens with one attached hydrogen (secondary N) is 1. The first kappa shape index (κ1) is 19.0. The molecule has 7 nitrogen and oxygen atoms in total. The van der Waals surface area contributed by atoms with Gasteiger partial charge in [0, 0.05) is 32.3 Å². The Morgan fingerprint density at radius 3 is 2.76 bits per heavy atom. The molecule has 2 heterocycles. The number of rotatable bonds is 4. The molecule has 138 valence electrons. The fraction of sp³-hybridized carbons (Fsp3) is 0.611. The monoisotopic (exact) mass is 349 g/mol. The average molecular weight is 349 g/mol. The maximum Gasteiger partial charge on any atom is 0.410 e. The normalized spacial score (nSPS) is 17.4. The van der Waals surface area contributed by atoms with Gasteiger partial charge in [-0.15, -0.1) is 0 Å². The molecule has 0 bridgehead atoms. The Morgan fingerprint density at radius 2 is 2.08 bits per heavy atom. The van der Waals surface area contributed by atoms with Crippen LogP contribution in [0.15, 0.2) is 23.1 Å². The first-order chi connectivity index (χ1) is 11.7. The summed E-state index contributed by atoms with van der Waals surface area (Å²) in [6.45, 7) is 6.16. The van der Waals surface area contributed by atoms with Gasteiger partial charge in [-0.05, 0) is 52.2 Å². The van der Waals surface area contributed by atoms with E-state index in [1.807, 2.05) is 20.8 Å². The average Bonchev–Trinajstić information content (AvgIpc) is 2.97. The molecule has 1 saturated heterocycles. The summed E-state index contributed by atoms with van der Waals surface area (Å²) in [5, 5.41) is 2.65. The molecule has 1 aliphatic rings. The lowest BCUT2D eigenvalue weighted by atomic mass is 10.1. The van der Waals surface area contributed by atoms with Gasteiger partial charge >= 0.3 is 6.09 Å². The summed E-state index contributed by atoms with van der Waals surface area (Å²) in [5.74, 6) is -0.223. The Hall–Kier alpha value is -2.31. The van der Waals surface area contributed by atoms with Crippen LogP contribution in [0.4, 0.5) is 10.5 Å². The molecule has 0 unspecified atom stereocenters. The molecule has 0 saturated carbocycles. The zero-order valence-corrected chi connectivity index (χ0v) is 15.4. The molecule has 0 aromatic carbocycles. The third kappa shape index (κ3) is 5.34. The Bertz CT molecular complexity index is 690. The highest BCUT2D eigenvalue weighted by Gasteiger charge is 2.32. The molecule has 1 N–H and O–H groups in total. The van der Waals surface area contributed by atoms with Gasteiger partial charge in [0.15, 0.2) is 0 Å². The van der Waals surface area contributed by atoms with E-state index >= 15 is 0 Å². The summed E-state index contributed by atoms with van der Waals surface area (Å²) in [7, 11) is 1.63. The van der Waals surface area contributed by atoms with Crippen molar-refractivity contribution in [3.8, 4) is 0 Å². The van der Waals surface area contributed by atoms with Crippen molar-refractivity contribution >= 4 is 17.7 Å². The Balaban J connectivity index is 1.89. The maximum atomic E-state index is 12.2. The van der Waals surface area contributed by atoms with Crippen molar-refractivity contribution in [2.24, 2.45) is 7.05 Å². The summed E-state index contributed by atoms with van der Waals surface area (Å²) < 4.78 is 6.84. The molecular formula is C18H27N3O4. The molecule has 0 aliphatic carbocycles. The number of anilines is 1. The SMILES string of the molecule is Cn1cccc(NC(=O)CC[C@@H]2CCCN2C(=O)OC(C)(C)C)c1=O. The third-order valence-electron chi connectivity index (χ3n) is 4.11. The number of ether oxygens (including phenoxy) is 1. The van der Waals surface area contributed by atoms with E-state index in [1.54, 1.807) is 30.3 Å². The van der Waals surface area contributed by atoms with Gasteiger partial charge in [-0.25, -0.2) is 4.79 Å². The van der Waals surface area contributed by atoms with Crippen LogP contribution in [0.25, 0.3) is 0 Å². The van der Waals surface area contributed by atoms with Crippen molar-refractivity contribution < 1.29 is 14.3 Å². The van der Waals surface area contributed by atoms with Crippen LogP contribution in [0.1, 0.15) is 46.5 Å². The maximum absolute atomic E-state index is 12.2. The van der Waals surface area contributed by atoms with Gasteiger partial charge in [0.05, 0.1) is 0 Å². The molecule has 1 atom stereocenters. The van der Waals surface area contributed by atoms with Gasteiger partial charge in [-0.3, -0.25) is 9.59 Å². The number of pyridine rings is 1. The number of hydrogen-bond acceptors (Lipinski definition) is 4. The number of amides is 2. The first-order valence-corrected chi connectivity index (χ1v) is 8.62. The number of likely N-dealkylation sites (tertiary alicyclic amines) is 1. The summed E-state index contributed by atoms with van der Waals surface area (Å²) in [4.78, 5) is 38.0. The van der Waals surface area contributed by atoms with E-state index in [-0.39, 0.29) is 35.7 Å². The van der Waals surface area contributed by atoms with Crippen LogP contribution >= 0.6 is 0 Å². The number of nitrogens with zero attached hydrogens (tertiary/aromatic N) is 2. The van der Waals surface area contributed by atoms with Crippen LogP contribution in [0.2, 0.25) is 0 Å². The topological polar surface area (TPSA) is 80.6 Å². The van der Waals surface area contributed by atoms with Crippen molar-refractivity contribution in [3.63, 3.8) is 0 Å². The van der Waals surface area contributed by atoms with Crippen LogP contribution in [-0.4, -0.2) is 39.7 Å². The predicted octanol–water partition coefficient (Wildman–Crippen LogP) is 2.50. The fourth-order valence-corrected chi connectivity index (χ4v) is 2.90. The van der Waals surface area contributed by atoms with Gasteiger partial charge in [0.1, 0.15) is 11.3 Å². The van der Waals surface area contributed by atoms with Crippen LogP contribution in [0, 0.1) is 0 Å². The van der Waals surface area contributed by atoms with E-state index in [4.69, 9.17) is 4.74 Å². The molecule has 2 rings (SSSR count). The minimum Gasteiger partial charge on any atom is -0.444 e. The van der Waals surface area contributed by atoms with E-state index in [1.165, 1.54) is 4.57 Å². The van der Waals surface area contributed by atoms with E-state index in [0.29, 0.717) is 13.0 Å². The second kappa shape index (κ2) is 7.72. The van der Waals surface area contributed by atoms with Gasteiger partial charge in [-0.2, -0.15) is 0 Å². The summed E-state index contributed by atoms with van der Waals surface area (Å²) >= 11 is 0. The molecule has 0 radical (unpaired) electrons. The van der Waals surface area contributed by atoms with Gasteiger partial charge in [-0.1, -0.05) is 0 Å². The lowest BCUT2D eigenvalue weighted by Crippen LogP contribution is -2.40. The van der Waals surface area contributed by atoms with E-state index in [9.17, 15) is 14.4 Å². The van der Waals surface area contributed by atoms with Gasteiger partial charge in [0.2, 0.25) is 5.91 Å². The highest BCUT2D eigenvalue weighted by atomic mass is 16.6. The molecule has 1 aromatic rings. The molecule has 2 amide bonds. The van der Waals surface area contributed by atoms with Gasteiger partial charge < -0.3 is 19.5 Å². The molecular weight excluding hydrogens is 322 g/mol. The summed E-state index contributed by atoms with van der Waals surface area (Å²) in [5.41, 5.74) is -0.507. The smallest absolute Gasteiger partial charge is 0.410 e. The van der Waals surface area contributed by atoms with E-state index in [0.717, 1.165) is 12.8 Å². The summed E-state index contributed by atoms with van der Waals surface area (Å²) in [6.07, 6.45) is 3.88. The summed E-state index contributed by atoms with van der Waals surface area (Å²) in [6, 6.07) is 3.29. The van der Waals surface area contributed by atoms with Crippen molar-refractivity contribution in [1.29, 1.82) is 0 Å². The minimum absolute atomic E-state index is 0.000735. The minimum atomic E-state index is -0.533. The first-order valence-electron chi connectivity index (χ1n) is 8.62. The molecule has 25 heavy (non-hydrogen) atoms. The van der Waals surface area contributed by atoms with E-state index in [2.05, 4.69) is 5.32 Å². The Morgan fingerprint density at radius 1 is 1.36 bits per heavy atom. The largest absolute Gasteiger partial charge is 0.444 e. The Labute approximate surface area is 148 Å². The number of carbonyl (C=O) groups excluding carboxylic acids is 2. The zero-order chi connectivity index (χ0) is 18.6. The van der Waals surface area contributed by atoms with Gasteiger partial charge in [0.25, 0.3) is 5.56 Å². The third-order valence-corrected chi connectivity index (χ3v) is 4.11. The lowest BCUT2D eigenvalue weighted by Gasteiger charge is -2.28. The second-order valence-corrected chi connectivity index (χ2v) is 7.39. The Kier molecular flexibility index (Phi) is 5.87. The van der Waals surface area contributed by atoms with Crippen LogP contribution in [0.5, 0.6) is 0 Å². The molecule has 1 aliphatic heterocycles. The van der Waals surface area contributed by atoms with Crippen molar-refractivity contribution in [3.05, 3.63) is 28.7 Å². The number of carbonyl (C=O) groups is 2. The quantitative estimate of drug-likeness (QED) is 0.906. The molecule has 1 aromatic heterocycles. The van der Waals surface area contributed by atoms with E-state index < -0.39 is 5.60 Å². The second-order valence-electron chi connectivity index (χ2n) is 7.39. The van der Waals surface area contributed by atoms with Crippen molar-refractivity contribution in [2.75, 3.05) is 11.9 Å². The zero-order valence-electron chi connectivity index (χ0n) is 15.4. The standard InChI is InChI=1S/C18H27N3O4/c1-18(2,3)25-17(24)21-12-5-7-13(21)9-10-15(22)19-14-8-6-11-20(4)16(14)23/h6,8,11,13H,5,7,9-10,12H2,1-4H3,(H,19,22)/t13-/m0/s1. The number of aromatic nitrogens is 1. The van der Waals surface area contributed by atoms with Crippen LogP contribution in [-0.2, 0) is 16.6 Å². The van der Waals surface area contributed by atoms with Crippen LogP contribution in [0.3, 0.4) is 0 Å². The number of aryl methyl sites for hydroxylation is 1. The van der Waals surface area contributed by atoms with Crippen molar-refractivity contribution in [2.45, 2.75) is 58.1 Å². The fourth-order valence-electron chi connectivity index (χ4n) is 2.90. The van der Waals surface area contributed by atoms with Crippen molar-refractivity contribution in [1.82, 2.24) is 9.47 Å². The molecule has 7 heteroatoms. The molecule has 1 fully saturated rings. The predicted molar refractivity (Wildman–Crippen MR) is 95.5 cm³/mol. The number of hydrogen-bond donors (Lipinski definition) is 1. The highest BCUT2D eigenvalue weighted by molar-refractivity contribution is 5.90. The highest BCUT2D eigenvalue weighted by Crippen LogP contribution is 2.24. The van der Waals surface area contributed by atoms with Crippen LogP contribution < -0.4 is 10.9 Å². The lowest BCUT2D eigenvalue weighted by molar-refractivity contribution is -0.116. The molecule has 0 spiro atoms.